The first kappa shape index (κ1) is 17.5. The van der Waals surface area contributed by atoms with Crippen molar-refractivity contribution < 1.29 is 36.6 Å². The molecule has 0 spiro atoms. The van der Waals surface area contributed by atoms with E-state index in [1.807, 2.05) is 0 Å². The Morgan fingerprint density at radius 1 is 1.17 bits per heavy atom. The van der Waals surface area contributed by atoms with Gasteiger partial charge in [-0.2, -0.15) is 13.2 Å². The number of nitrogens with zero attached hydrogens (tertiary/aromatic N) is 1. The molecule has 1 heterocycles. The van der Waals surface area contributed by atoms with Crippen molar-refractivity contribution in [1.82, 2.24) is 4.90 Å². The summed E-state index contributed by atoms with van der Waals surface area (Å²) in [6.07, 6.45) is -4.83. The molecule has 10 heteroatoms. The quantitative estimate of drug-likeness (QED) is 0.654. The third-order valence-electron chi connectivity index (χ3n) is 3.59. The number of carboxylic acid groups (broad SMARTS) is 1. The third kappa shape index (κ3) is 3.39. The minimum atomic E-state index is -4.83. The first-order chi connectivity index (χ1) is 10.5. The largest absolute Gasteiger partial charge is 0.481 e. The van der Waals surface area contributed by atoms with Crippen molar-refractivity contribution in [3.05, 3.63) is 34.4 Å². The number of alkyl halides is 3. The summed E-state index contributed by atoms with van der Waals surface area (Å²) in [5.41, 5.74) is -0.807. The van der Waals surface area contributed by atoms with E-state index in [9.17, 15) is 31.5 Å². The van der Waals surface area contributed by atoms with Crippen LogP contribution in [-0.2, 0) is 4.79 Å². The molecule has 1 saturated heterocycles. The number of carbonyl (C=O) groups is 2. The van der Waals surface area contributed by atoms with Gasteiger partial charge in [0.25, 0.3) is 5.91 Å². The fourth-order valence-electron chi connectivity index (χ4n) is 2.41. The fraction of sp³-hybridized carbons (Fsp3) is 0.385. The molecule has 1 aromatic carbocycles. The zero-order valence-corrected chi connectivity index (χ0v) is 12.0. The highest BCUT2D eigenvalue weighted by Crippen LogP contribution is 2.38. The van der Waals surface area contributed by atoms with Crippen LogP contribution in [0.1, 0.15) is 10.4 Å². The van der Waals surface area contributed by atoms with Crippen LogP contribution in [0.3, 0.4) is 0 Å². The van der Waals surface area contributed by atoms with Crippen LogP contribution in [0, 0.1) is 23.5 Å². The molecule has 1 aromatic rings. The summed E-state index contributed by atoms with van der Waals surface area (Å²) >= 11 is 5.33. The summed E-state index contributed by atoms with van der Waals surface area (Å²) < 4.78 is 65.6. The highest BCUT2D eigenvalue weighted by molar-refractivity contribution is 6.30. The predicted octanol–water partition coefficient (Wildman–Crippen LogP) is 2.95. The van der Waals surface area contributed by atoms with Gasteiger partial charge in [0.05, 0.1) is 22.4 Å². The maximum absolute atomic E-state index is 13.7. The van der Waals surface area contributed by atoms with Gasteiger partial charge < -0.3 is 10.0 Å². The van der Waals surface area contributed by atoms with Crippen LogP contribution < -0.4 is 0 Å². The zero-order chi connectivity index (χ0) is 17.5. The topological polar surface area (TPSA) is 57.6 Å². The second kappa shape index (κ2) is 5.95. The second-order valence-corrected chi connectivity index (χ2v) is 5.46. The fourth-order valence-corrected chi connectivity index (χ4v) is 2.56. The second-order valence-electron chi connectivity index (χ2n) is 5.05. The number of hydrogen-bond acceptors (Lipinski definition) is 2. The van der Waals surface area contributed by atoms with E-state index in [0.717, 1.165) is 0 Å². The SMILES string of the molecule is O=C(O)[C@@H]1CN(C(=O)c2cc(F)c(Cl)cc2F)C[C@H]1C(F)(F)F. The molecule has 1 amide bonds. The van der Waals surface area contributed by atoms with Crippen molar-refractivity contribution in [3.63, 3.8) is 0 Å². The Morgan fingerprint density at radius 3 is 2.26 bits per heavy atom. The van der Waals surface area contributed by atoms with Gasteiger partial charge >= 0.3 is 12.1 Å². The average molecular weight is 358 g/mol. The van der Waals surface area contributed by atoms with E-state index in [4.69, 9.17) is 16.7 Å². The molecule has 0 aliphatic carbocycles. The monoisotopic (exact) mass is 357 g/mol. The van der Waals surface area contributed by atoms with Crippen LogP contribution in [0.4, 0.5) is 22.0 Å². The number of rotatable bonds is 2. The Hall–Kier alpha value is -1.90. The van der Waals surface area contributed by atoms with E-state index in [0.29, 0.717) is 17.0 Å². The van der Waals surface area contributed by atoms with Crippen LogP contribution in [0.25, 0.3) is 0 Å². The molecule has 0 saturated carbocycles. The van der Waals surface area contributed by atoms with E-state index in [1.165, 1.54) is 0 Å². The Kier molecular flexibility index (Phi) is 4.52. The van der Waals surface area contributed by atoms with Gasteiger partial charge in [-0.3, -0.25) is 9.59 Å². The molecule has 1 fully saturated rings. The van der Waals surface area contributed by atoms with E-state index >= 15 is 0 Å². The van der Waals surface area contributed by atoms with Crippen molar-refractivity contribution in [2.24, 2.45) is 11.8 Å². The molecule has 126 valence electrons. The van der Waals surface area contributed by atoms with Crippen LogP contribution >= 0.6 is 11.6 Å². The predicted molar refractivity (Wildman–Crippen MR) is 67.9 cm³/mol. The minimum Gasteiger partial charge on any atom is -0.481 e. The molecule has 0 bridgehead atoms. The molecular formula is C13H9ClF5NO3. The lowest BCUT2D eigenvalue weighted by Crippen LogP contribution is -2.34. The Morgan fingerprint density at radius 2 is 1.78 bits per heavy atom. The van der Waals surface area contributed by atoms with Gasteiger partial charge in [-0.05, 0) is 12.1 Å². The maximum Gasteiger partial charge on any atom is 0.394 e. The van der Waals surface area contributed by atoms with E-state index in [1.54, 1.807) is 0 Å². The number of aliphatic carboxylic acids is 1. The summed E-state index contributed by atoms with van der Waals surface area (Å²) in [4.78, 5) is 23.6. The molecule has 4 nitrogen and oxygen atoms in total. The Bertz CT molecular complexity index is 664. The smallest absolute Gasteiger partial charge is 0.394 e. The van der Waals surface area contributed by atoms with Crippen LogP contribution in [0.5, 0.6) is 0 Å². The lowest BCUT2D eigenvalue weighted by molar-refractivity contribution is -0.187. The van der Waals surface area contributed by atoms with Crippen molar-refractivity contribution >= 4 is 23.5 Å². The number of hydrogen-bond donors (Lipinski definition) is 1. The van der Waals surface area contributed by atoms with Crippen LogP contribution in [0.15, 0.2) is 12.1 Å². The molecule has 2 atom stereocenters. The highest BCUT2D eigenvalue weighted by Gasteiger charge is 2.53. The standard InChI is InChI=1S/C13H9ClF5NO3/c14-8-2-9(15)5(1-10(8)16)11(21)20-3-6(12(22)23)7(4-20)13(17,18)19/h1-2,6-7H,3-4H2,(H,22,23)/t6-,7-/m1/s1. The molecular weight excluding hydrogens is 349 g/mol. The average Bonchev–Trinajstić information content (AvgIpc) is 2.87. The van der Waals surface area contributed by atoms with Crippen molar-refractivity contribution in [3.8, 4) is 0 Å². The first-order valence-corrected chi connectivity index (χ1v) is 6.63. The number of halogens is 6. The number of amides is 1. The molecule has 0 radical (unpaired) electrons. The lowest BCUT2D eigenvalue weighted by atomic mass is 9.96. The number of benzene rings is 1. The molecule has 2 rings (SSSR count). The minimum absolute atomic E-state index is 0.469. The molecule has 1 aliphatic heterocycles. The number of carbonyl (C=O) groups excluding carboxylic acids is 1. The first-order valence-electron chi connectivity index (χ1n) is 6.25. The summed E-state index contributed by atoms with van der Waals surface area (Å²) in [6.45, 7) is -1.69. The summed E-state index contributed by atoms with van der Waals surface area (Å²) in [7, 11) is 0. The number of carboxylic acids is 1. The van der Waals surface area contributed by atoms with E-state index < -0.39 is 65.2 Å². The van der Waals surface area contributed by atoms with Gasteiger partial charge in [-0.1, -0.05) is 11.6 Å². The molecule has 1 aliphatic rings. The molecule has 0 unspecified atom stereocenters. The van der Waals surface area contributed by atoms with Gasteiger partial charge in [-0.25, -0.2) is 8.78 Å². The number of likely N-dealkylation sites (tertiary alicyclic amines) is 1. The maximum atomic E-state index is 13.7. The normalized spacial score (nSPS) is 21.6. The van der Waals surface area contributed by atoms with Crippen molar-refractivity contribution in [2.75, 3.05) is 13.1 Å². The van der Waals surface area contributed by atoms with Gasteiger partial charge in [-0.15, -0.1) is 0 Å². The van der Waals surface area contributed by atoms with Gasteiger partial charge in [0.15, 0.2) is 0 Å². The zero-order valence-electron chi connectivity index (χ0n) is 11.2. The molecule has 0 aromatic heterocycles. The summed E-state index contributed by atoms with van der Waals surface area (Å²) in [5, 5.41) is 8.28. The Labute approximate surface area is 131 Å². The highest BCUT2D eigenvalue weighted by atomic mass is 35.5. The van der Waals surface area contributed by atoms with Crippen LogP contribution in [-0.4, -0.2) is 41.1 Å². The third-order valence-corrected chi connectivity index (χ3v) is 3.87. The molecule has 23 heavy (non-hydrogen) atoms. The van der Waals surface area contributed by atoms with E-state index in [-0.39, 0.29) is 0 Å². The van der Waals surface area contributed by atoms with Gasteiger partial charge in [0.2, 0.25) is 0 Å². The van der Waals surface area contributed by atoms with E-state index in [2.05, 4.69) is 0 Å². The summed E-state index contributed by atoms with van der Waals surface area (Å²) in [6, 6.07) is 0.993. The molecule has 1 N–H and O–H groups in total. The van der Waals surface area contributed by atoms with Crippen molar-refractivity contribution in [2.45, 2.75) is 6.18 Å². The summed E-state index contributed by atoms with van der Waals surface area (Å²) in [5.74, 6) is -9.40. The lowest BCUT2D eigenvalue weighted by Gasteiger charge is -2.18. The van der Waals surface area contributed by atoms with Gasteiger partial charge in [0, 0.05) is 13.1 Å². The van der Waals surface area contributed by atoms with Gasteiger partial charge in [0.1, 0.15) is 11.6 Å². The van der Waals surface area contributed by atoms with Crippen LogP contribution in [0.2, 0.25) is 5.02 Å². The Balaban J connectivity index is 2.31. The van der Waals surface area contributed by atoms with Crippen molar-refractivity contribution in [1.29, 1.82) is 0 Å².